The number of nitrogens with zero attached hydrogens (tertiary/aromatic N) is 4. The van der Waals surface area contributed by atoms with Gasteiger partial charge in [-0.2, -0.15) is 18.3 Å². The Balaban J connectivity index is 1.43. The highest BCUT2D eigenvalue weighted by atomic mass is 19.4. The number of aromatic nitrogens is 3. The van der Waals surface area contributed by atoms with E-state index in [1.165, 1.54) is 4.90 Å². The van der Waals surface area contributed by atoms with Crippen molar-refractivity contribution in [1.29, 1.82) is 0 Å². The lowest BCUT2D eigenvalue weighted by molar-refractivity contribution is -0.137. The highest BCUT2D eigenvalue weighted by Crippen LogP contribution is 2.40. The van der Waals surface area contributed by atoms with Gasteiger partial charge in [-0.25, -0.2) is 19.3 Å². The average Bonchev–Trinajstić information content (AvgIpc) is 3.62. The van der Waals surface area contributed by atoms with Crippen LogP contribution in [0.5, 0.6) is 5.75 Å². The van der Waals surface area contributed by atoms with E-state index in [9.17, 15) is 27.9 Å². The number of pyridine rings is 1. The van der Waals surface area contributed by atoms with Crippen LogP contribution in [-0.2, 0) is 17.5 Å². The van der Waals surface area contributed by atoms with Gasteiger partial charge in [0.15, 0.2) is 5.82 Å². The molecule has 2 atom stereocenters. The number of hydrogen-bond donors (Lipinski definition) is 1. The summed E-state index contributed by atoms with van der Waals surface area (Å²) >= 11 is 0. The molecule has 3 heterocycles. The van der Waals surface area contributed by atoms with Crippen molar-refractivity contribution in [2.45, 2.75) is 52.6 Å². The van der Waals surface area contributed by atoms with Crippen LogP contribution in [0.1, 0.15) is 56.9 Å². The van der Waals surface area contributed by atoms with Crippen LogP contribution < -0.4 is 4.74 Å². The number of benzene rings is 3. The fourth-order valence-corrected chi connectivity index (χ4v) is 6.19. The molecular weight excluding hydrogens is 637 g/mol. The molecule has 9 nitrogen and oxygen atoms in total. The molecule has 1 amide bonds. The van der Waals surface area contributed by atoms with Crippen molar-refractivity contribution < 1.29 is 37.3 Å². The van der Waals surface area contributed by atoms with Crippen LogP contribution in [0.25, 0.3) is 28.1 Å². The number of carboxylic acids is 1. The molecule has 0 radical (unpaired) electrons. The van der Waals surface area contributed by atoms with Crippen LogP contribution in [0.4, 0.5) is 18.0 Å². The van der Waals surface area contributed by atoms with E-state index in [2.05, 4.69) is 5.10 Å². The second-order valence-corrected chi connectivity index (χ2v) is 12.2. The number of halogens is 3. The van der Waals surface area contributed by atoms with Crippen molar-refractivity contribution in [3.63, 3.8) is 0 Å². The Morgan fingerprint density at radius 2 is 1.71 bits per heavy atom. The first kappa shape index (κ1) is 33.3. The van der Waals surface area contributed by atoms with Gasteiger partial charge in [-0.05, 0) is 104 Å². The van der Waals surface area contributed by atoms with E-state index in [0.717, 1.165) is 34.4 Å². The van der Waals surface area contributed by atoms with Gasteiger partial charge in [-0.1, -0.05) is 23.8 Å². The zero-order valence-electron chi connectivity index (χ0n) is 27.4. The third kappa shape index (κ3) is 6.58. The van der Waals surface area contributed by atoms with E-state index in [1.807, 2.05) is 44.3 Å². The number of aromatic carboxylic acids is 1. The zero-order chi connectivity index (χ0) is 35.2. The number of carbonyl (C=O) groups is 2. The molecule has 252 valence electrons. The fraction of sp³-hybridized carbons (Fsp3) is 0.243. The molecular formula is C37H33F3N4O5. The van der Waals surface area contributed by atoms with E-state index in [4.69, 9.17) is 14.5 Å². The van der Waals surface area contributed by atoms with Crippen molar-refractivity contribution >= 4 is 12.1 Å². The molecule has 1 aliphatic rings. The minimum atomic E-state index is -4.55. The van der Waals surface area contributed by atoms with Crippen LogP contribution in [0.15, 0.2) is 79.1 Å². The number of carboxylic acid groups (broad SMARTS) is 1. The molecule has 1 N–H and O–H groups in total. The van der Waals surface area contributed by atoms with Gasteiger partial charge in [0.05, 0.1) is 42.7 Å². The van der Waals surface area contributed by atoms with Gasteiger partial charge in [-0.15, -0.1) is 0 Å². The van der Waals surface area contributed by atoms with Gasteiger partial charge in [0.1, 0.15) is 11.9 Å². The summed E-state index contributed by atoms with van der Waals surface area (Å²) in [5.41, 5.74) is 5.11. The van der Waals surface area contributed by atoms with Gasteiger partial charge >= 0.3 is 18.2 Å². The Morgan fingerprint density at radius 3 is 2.37 bits per heavy atom. The summed E-state index contributed by atoms with van der Waals surface area (Å²) in [6, 6.07) is 17.2. The lowest BCUT2D eigenvalue weighted by atomic mass is 9.93. The van der Waals surface area contributed by atoms with Gasteiger partial charge < -0.3 is 14.6 Å². The Labute approximate surface area is 280 Å². The number of rotatable bonds is 8. The van der Waals surface area contributed by atoms with Gasteiger partial charge in [0, 0.05) is 17.3 Å². The smallest absolute Gasteiger partial charge is 0.416 e. The third-order valence-corrected chi connectivity index (χ3v) is 8.65. The molecule has 2 aromatic heterocycles. The number of ether oxygens (including phenoxy) is 2. The number of cyclic esters (lactones) is 1. The molecule has 0 aliphatic carbocycles. The predicted octanol–water partition coefficient (Wildman–Crippen LogP) is 8.33. The van der Waals surface area contributed by atoms with E-state index in [-0.39, 0.29) is 17.7 Å². The monoisotopic (exact) mass is 670 g/mol. The topological polar surface area (TPSA) is 107 Å². The molecule has 5 aromatic rings. The quantitative estimate of drug-likeness (QED) is 0.177. The van der Waals surface area contributed by atoms with Crippen molar-refractivity contribution in [2.75, 3.05) is 7.11 Å². The van der Waals surface area contributed by atoms with E-state index in [0.29, 0.717) is 34.0 Å². The molecule has 3 aromatic carbocycles. The van der Waals surface area contributed by atoms with Crippen molar-refractivity contribution in [3.8, 4) is 33.8 Å². The van der Waals surface area contributed by atoms with Crippen LogP contribution in [0.2, 0.25) is 0 Å². The number of amides is 1. The molecule has 0 bridgehead atoms. The number of carbonyl (C=O) groups excluding carboxylic acids is 1. The summed E-state index contributed by atoms with van der Waals surface area (Å²) in [7, 11) is 1.54. The molecule has 0 spiro atoms. The van der Waals surface area contributed by atoms with E-state index >= 15 is 0 Å². The van der Waals surface area contributed by atoms with Crippen LogP contribution in [0, 0.1) is 20.8 Å². The summed E-state index contributed by atoms with van der Waals surface area (Å²) in [6.07, 6.45) is -2.67. The average molecular weight is 671 g/mol. The second-order valence-electron chi connectivity index (χ2n) is 12.2. The van der Waals surface area contributed by atoms with Crippen molar-refractivity contribution in [1.82, 2.24) is 19.7 Å². The zero-order valence-corrected chi connectivity index (χ0v) is 27.4. The molecule has 0 saturated carbocycles. The molecule has 0 unspecified atom stereocenters. The molecule has 1 fully saturated rings. The minimum Gasteiger partial charge on any atom is -0.496 e. The Bertz CT molecular complexity index is 2090. The summed E-state index contributed by atoms with van der Waals surface area (Å²) in [4.78, 5) is 31.3. The maximum Gasteiger partial charge on any atom is 0.416 e. The normalized spacial score (nSPS) is 16.2. The number of aryl methyl sites for hydroxylation is 3. The summed E-state index contributed by atoms with van der Waals surface area (Å²) in [5.74, 6) is 0.00403. The Kier molecular flexibility index (Phi) is 8.66. The van der Waals surface area contributed by atoms with Gasteiger partial charge in [0.25, 0.3) is 0 Å². The van der Waals surface area contributed by atoms with Crippen molar-refractivity contribution in [3.05, 3.63) is 118 Å². The predicted molar refractivity (Wildman–Crippen MR) is 176 cm³/mol. The number of alkyl halides is 3. The Hall–Kier alpha value is -5.65. The van der Waals surface area contributed by atoms with E-state index < -0.39 is 35.9 Å². The highest BCUT2D eigenvalue weighted by Gasteiger charge is 2.41. The summed E-state index contributed by atoms with van der Waals surface area (Å²) < 4.78 is 54.1. The SMILES string of the molecule is COc1ccc(-c2ccc(C(=O)O)cc2C)cc1-c1ccc(-n2cc(C)cn2)nc1CN1C(=O)O[C@H](c2cc(C)cc(C(F)(F)F)c2)[C@@H]1C. The Morgan fingerprint density at radius 1 is 0.959 bits per heavy atom. The molecule has 6 rings (SSSR count). The van der Waals surface area contributed by atoms with Crippen LogP contribution in [-0.4, -0.2) is 50.0 Å². The maximum absolute atomic E-state index is 13.7. The first-order valence-corrected chi connectivity index (χ1v) is 15.4. The first-order valence-electron chi connectivity index (χ1n) is 15.4. The molecule has 49 heavy (non-hydrogen) atoms. The van der Waals surface area contributed by atoms with E-state index in [1.54, 1.807) is 62.2 Å². The summed E-state index contributed by atoms with van der Waals surface area (Å²) in [6.45, 7) is 7.01. The highest BCUT2D eigenvalue weighted by molar-refractivity contribution is 5.89. The minimum absolute atomic E-state index is 0.0302. The third-order valence-electron chi connectivity index (χ3n) is 8.65. The fourth-order valence-electron chi connectivity index (χ4n) is 6.19. The largest absolute Gasteiger partial charge is 0.496 e. The van der Waals surface area contributed by atoms with Crippen LogP contribution >= 0.6 is 0 Å². The maximum atomic E-state index is 13.7. The van der Waals surface area contributed by atoms with Gasteiger partial charge in [-0.3, -0.25) is 4.90 Å². The standard InChI is InChI=1S/C37H33F3N4O5/c1-20-12-26(15-27(13-20)37(38,39)40)34-23(4)43(36(47)49-34)19-31-29(9-11-33(42-31)44-18-21(2)17-41-44)30-16-24(7-10-32(30)48-5)28-8-6-25(35(45)46)14-22(28)3/h6-18,23,34H,19H2,1-5H3,(H,45,46)/t23-,34-/m0/s1. The lowest BCUT2D eigenvalue weighted by Gasteiger charge is -2.23. The van der Waals surface area contributed by atoms with Crippen LogP contribution in [0.3, 0.4) is 0 Å². The molecule has 12 heteroatoms. The number of hydrogen-bond acceptors (Lipinski definition) is 6. The molecule has 1 aliphatic heterocycles. The number of methoxy groups -OCH3 is 1. The summed E-state index contributed by atoms with van der Waals surface area (Å²) in [5, 5.41) is 13.8. The lowest BCUT2D eigenvalue weighted by Crippen LogP contribution is -2.32. The van der Waals surface area contributed by atoms with Gasteiger partial charge in [0.2, 0.25) is 0 Å². The molecule has 1 saturated heterocycles. The first-order chi connectivity index (χ1) is 23.2. The second kappa shape index (κ2) is 12.8. The van der Waals surface area contributed by atoms with Crippen molar-refractivity contribution in [2.24, 2.45) is 0 Å².